The molecule has 1 aliphatic carbocycles. The Hall–Kier alpha value is -2.00. The lowest BCUT2D eigenvalue weighted by Crippen LogP contribution is -2.15. The first-order valence-corrected chi connectivity index (χ1v) is 6.20. The fourth-order valence-corrected chi connectivity index (χ4v) is 2.71. The van der Waals surface area contributed by atoms with E-state index in [1.165, 1.54) is 5.56 Å². The van der Waals surface area contributed by atoms with Gasteiger partial charge in [0.2, 0.25) is 0 Å². The first-order chi connectivity index (χ1) is 8.78. The van der Waals surface area contributed by atoms with Gasteiger partial charge in [0.25, 0.3) is 0 Å². The predicted octanol–water partition coefficient (Wildman–Crippen LogP) is 2.93. The molecule has 1 aromatic carbocycles. The van der Waals surface area contributed by atoms with E-state index in [1.54, 1.807) is 7.11 Å². The Morgan fingerprint density at radius 3 is 2.11 bits per heavy atom. The zero-order chi connectivity index (χ0) is 13.0. The third kappa shape index (κ3) is 2.46. The third-order valence-corrected chi connectivity index (χ3v) is 3.78. The molecule has 0 aliphatic heterocycles. The van der Waals surface area contributed by atoms with Crippen molar-refractivity contribution in [3.8, 4) is 17.9 Å². The van der Waals surface area contributed by atoms with E-state index in [0.29, 0.717) is 0 Å². The number of ether oxygens (including phenoxy) is 1. The molecule has 0 saturated heterocycles. The molecule has 0 bridgehead atoms. The van der Waals surface area contributed by atoms with E-state index in [9.17, 15) is 0 Å². The Balaban J connectivity index is 2.11. The summed E-state index contributed by atoms with van der Waals surface area (Å²) in [5.41, 5.74) is 1.17. The van der Waals surface area contributed by atoms with E-state index in [4.69, 9.17) is 15.3 Å². The molecule has 2 rings (SSSR count). The van der Waals surface area contributed by atoms with Gasteiger partial charge in [-0.1, -0.05) is 12.1 Å². The average Bonchev–Trinajstić information content (AvgIpc) is 2.81. The summed E-state index contributed by atoms with van der Waals surface area (Å²) in [5.74, 6) is 1.06. The molecule has 1 saturated carbocycles. The fourth-order valence-electron chi connectivity index (χ4n) is 2.71. The number of nitriles is 2. The molecule has 92 valence electrons. The Morgan fingerprint density at radius 2 is 1.67 bits per heavy atom. The molecule has 1 aromatic rings. The van der Waals surface area contributed by atoms with Crippen molar-refractivity contribution < 1.29 is 4.74 Å². The first-order valence-electron chi connectivity index (χ1n) is 6.20. The van der Waals surface area contributed by atoms with Crippen molar-refractivity contribution >= 4 is 0 Å². The van der Waals surface area contributed by atoms with Gasteiger partial charge in [0.05, 0.1) is 31.1 Å². The van der Waals surface area contributed by atoms with Crippen LogP contribution in [0.15, 0.2) is 24.3 Å². The predicted molar refractivity (Wildman–Crippen MR) is 67.6 cm³/mol. The molecule has 18 heavy (non-hydrogen) atoms. The Morgan fingerprint density at radius 1 is 1.11 bits per heavy atom. The second-order valence-electron chi connectivity index (χ2n) is 4.76. The summed E-state index contributed by atoms with van der Waals surface area (Å²) in [6, 6.07) is 12.6. The highest BCUT2D eigenvalue weighted by molar-refractivity contribution is 5.28. The van der Waals surface area contributed by atoms with E-state index in [2.05, 4.69) is 12.1 Å². The molecular weight excluding hydrogens is 224 g/mol. The zero-order valence-electron chi connectivity index (χ0n) is 10.5. The van der Waals surface area contributed by atoms with E-state index >= 15 is 0 Å². The minimum Gasteiger partial charge on any atom is -0.497 e. The Kier molecular flexibility index (Phi) is 3.85. The van der Waals surface area contributed by atoms with Crippen LogP contribution in [-0.4, -0.2) is 7.11 Å². The SMILES string of the molecule is COc1ccc(CC2C(C#N)CCC2C#N)cc1. The maximum Gasteiger partial charge on any atom is 0.118 e. The molecule has 0 aromatic heterocycles. The molecular formula is C15H16N2O. The van der Waals surface area contributed by atoms with Gasteiger partial charge in [0.1, 0.15) is 5.75 Å². The van der Waals surface area contributed by atoms with Gasteiger partial charge < -0.3 is 4.74 Å². The summed E-state index contributed by atoms with van der Waals surface area (Å²) < 4.78 is 5.12. The van der Waals surface area contributed by atoms with Gasteiger partial charge in [-0.25, -0.2) is 0 Å². The molecule has 0 amide bonds. The minimum atomic E-state index is 0.0248. The summed E-state index contributed by atoms with van der Waals surface area (Å²) in [7, 11) is 1.64. The second-order valence-corrected chi connectivity index (χ2v) is 4.76. The number of methoxy groups -OCH3 is 1. The van der Waals surface area contributed by atoms with Gasteiger partial charge in [-0.15, -0.1) is 0 Å². The van der Waals surface area contributed by atoms with Crippen LogP contribution in [0.1, 0.15) is 18.4 Å². The largest absolute Gasteiger partial charge is 0.497 e. The Bertz CT molecular complexity index is 459. The van der Waals surface area contributed by atoms with Gasteiger partial charge >= 0.3 is 0 Å². The molecule has 2 unspecified atom stereocenters. The van der Waals surface area contributed by atoms with Crippen molar-refractivity contribution in [3.63, 3.8) is 0 Å². The molecule has 0 N–H and O–H groups in total. The number of nitrogens with zero attached hydrogens (tertiary/aromatic N) is 2. The maximum absolute atomic E-state index is 9.13. The van der Waals surface area contributed by atoms with Crippen LogP contribution in [-0.2, 0) is 6.42 Å². The van der Waals surface area contributed by atoms with Crippen molar-refractivity contribution in [1.29, 1.82) is 10.5 Å². The summed E-state index contributed by atoms with van der Waals surface area (Å²) in [6.07, 6.45) is 2.52. The minimum absolute atomic E-state index is 0.0248. The lowest BCUT2D eigenvalue weighted by molar-refractivity contribution is 0.405. The molecule has 2 atom stereocenters. The normalized spacial score (nSPS) is 26.3. The average molecular weight is 240 g/mol. The maximum atomic E-state index is 9.13. The van der Waals surface area contributed by atoms with Crippen molar-refractivity contribution in [3.05, 3.63) is 29.8 Å². The van der Waals surface area contributed by atoms with Gasteiger partial charge in [-0.2, -0.15) is 10.5 Å². The van der Waals surface area contributed by atoms with E-state index in [0.717, 1.165) is 25.0 Å². The van der Waals surface area contributed by atoms with Crippen LogP contribution >= 0.6 is 0 Å². The summed E-state index contributed by atoms with van der Waals surface area (Å²) in [6.45, 7) is 0. The first kappa shape index (κ1) is 12.5. The lowest BCUT2D eigenvalue weighted by atomic mass is 9.85. The van der Waals surface area contributed by atoms with Crippen LogP contribution in [0.3, 0.4) is 0 Å². The molecule has 3 heteroatoms. The smallest absolute Gasteiger partial charge is 0.118 e. The number of rotatable bonds is 3. The van der Waals surface area contributed by atoms with Gasteiger partial charge in [0.15, 0.2) is 0 Å². The van der Waals surface area contributed by atoms with Gasteiger partial charge in [0, 0.05) is 0 Å². The second kappa shape index (κ2) is 5.56. The molecule has 1 aliphatic rings. The summed E-state index contributed by atoms with van der Waals surface area (Å²) >= 11 is 0. The highest BCUT2D eigenvalue weighted by Crippen LogP contribution is 2.38. The molecule has 0 heterocycles. The molecule has 3 nitrogen and oxygen atoms in total. The van der Waals surface area contributed by atoms with Crippen LogP contribution in [0.25, 0.3) is 0 Å². The standard InChI is InChI=1S/C15H16N2O/c1-18-14-6-2-11(3-7-14)8-15-12(9-16)4-5-13(15)10-17/h2-3,6-7,12-13,15H,4-5,8H2,1H3. The van der Waals surface area contributed by atoms with Crippen molar-refractivity contribution in [1.82, 2.24) is 0 Å². The molecule has 0 radical (unpaired) electrons. The van der Waals surface area contributed by atoms with Crippen LogP contribution in [0.4, 0.5) is 0 Å². The monoisotopic (exact) mass is 240 g/mol. The van der Waals surface area contributed by atoms with Crippen LogP contribution in [0, 0.1) is 40.4 Å². The third-order valence-electron chi connectivity index (χ3n) is 3.78. The lowest BCUT2D eigenvalue weighted by Gasteiger charge is -2.16. The molecule has 1 fully saturated rings. The van der Waals surface area contributed by atoms with Crippen molar-refractivity contribution in [2.75, 3.05) is 7.11 Å². The highest BCUT2D eigenvalue weighted by Gasteiger charge is 2.36. The quantitative estimate of drug-likeness (QED) is 0.816. The van der Waals surface area contributed by atoms with Crippen molar-refractivity contribution in [2.45, 2.75) is 19.3 Å². The van der Waals surface area contributed by atoms with Crippen LogP contribution in [0.5, 0.6) is 5.75 Å². The number of hydrogen-bond donors (Lipinski definition) is 0. The van der Waals surface area contributed by atoms with Gasteiger partial charge in [-0.3, -0.25) is 0 Å². The van der Waals surface area contributed by atoms with Gasteiger partial charge in [-0.05, 0) is 42.9 Å². The molecule has 0 spiro atoms. The zero-order valence-corrected chi connectivity index (χ0v) is 10.5. The summed E-state index contributed by atoms with van der Waals surface area (Å²) in [4.78, 5) is 0. The number of hydrogen-bond acceptors (Lipinski definition) is 3. The summed E-state index contributed by atoms with van der Waals surface area (Å²) in [5, 5.41) is 18.3. The van der Waals surface area contributed by atoms with E-state index < -0.39 is 0 Å². The van der Waals surface area contributed by atoms with Crippen molar-refractivity contribution in [2.24, 2.45) is 17.8 Å². The van der Waals surface area contributed by atoms with E-state index in [1.807, 2.05) is 24.3 Å². The number of benzene rings is 1. The topological polar surface area (TPSA) is 56.8 Å². The van der Waals surface area contributed by atoms with Crippen LogP contribution < -0.4 is 4.74 Å². The fraction of sp³-hybridized carbons (Fsp3) is 0.467. The van der Waals surface area contributed by atoms with E-state index in [-0.39, 0.29) is 17.8 Å². The highest BCUT2D eigenvalue weighted by atomic mass is 16.5. The van der Waals surface area contributed by atoms with Crippen LogP contribution in [0.2, 0.25) is 0 Å². The Labute approximate surface area is 108 Å².